The normalized spacial score (nSPS) is 10.7. The van der Waals surface area contributed by atoms with Crippen molar-refractivity contribution in [3.05, 3.63) is 60.4 Å². The van der Waals surface area contributed by atoms with Crippen LogP contribution in [-0.2, 0) is 0 Å². The first-order chi connectivity index (χ1) is 16.6. The van der Waals surface area contributed by atoms with Crippen LogP contribution in [0.5, 0.6) is 17.2 Å². The monoisotopic (exact) mass is 462 g/mol. The SMILES string of the molecule is COc1cc(Nc2ncc3ccn(-c4ccccc4C(=O)NCCN)c3n2)cc(OC)c1OC. The first kappa shape index (κ1) is 22.9. The maximum absolute atomic E-state index is 12.7. The highest BCUT2D eigenvalue weighted by molar-refractivity contribution is 5.98. The third kappa shape index (κ3) is 4.44. The maximum Gasteiger partial charge on any atom is 0.253 e. The van der Waals surface area contributed by atoms with Gasteiger partial charge in [-0.05, 0) is 18.2 Å². The van der Waals surface area contributed by atoms with Crippen LogP contribution in [0.1, 0.15) is 10.4 Å². The van der Waals surface area contributed by atoms with E-state index in [0.717, 1.165) is 5.39 Å². The fourth-order valence-corrected chi connectivity index (χ4v) is 3.61. The minimum Gasteiger partial charge on any atom is -0.493 e. The number of ether oxygens (including phenoxy) is 3. The molecule has 10 nitrogen and oxygen atoms in total. The van der Waals surface area contributed by atoms with E-state index < -0.39 is 0 Å². The summed E-state index contributed by atoms with van der Waals surface area (Å²) in [7, 11) is 4.65. The molecule has 176 valence electrons. The number of nitrogens with one attached hydrogen (secondary N) is 2. The van der Waals surface area contributed by atoms with Crippen LogP contribution in [0, 0.1) is 0 Å². The van der Waals surface area contributed by atoms with Crippen molar-refractivity contribution in [1.82, 2.24) is 19.9 Å². The van der Waals surface area contributed by atoms with E-state index in [1.165, 1.54) is 0 Å². The molecule has 4 aromatic rings. The zero-order valence-corrected chi connectivity index (χ0v) is 19.2. The molecule has 1 amide bonds. The summed E-state index contributed by atoms with van der Waals surface area (Å²) in [6, 6.07) is 12.8. The Morgan fingerprint density at radius 1 is 1.06 bits per heavy atom. The van der Waals surface area contributed by atoms with Crippen molar-refractivity contribution in [3.63, 3.8) is 0 Å². The minimum atomic E-state index is -0.201. The molecule has 4 N–H and O–H groups in total. The maximum atomic E-state index is 12.7. The molecular weight excluding hydrogens is 436 g/mol. The number of rotatable bonds is 9. The summed E-state index contributed by atoms with van der Waals surface area (Å²) in [5.41, 5.74) is 8.05. The molecule has 0 aliphatic rings. The standard InChI is InChI=1S/C24H26N6O4/c1-32-19-12-16(13-20(33-2)21(19)34-3)28-24-27-14-15-8-11-30(22(15)29-24)18-7-5-4-6-17(18)23(31)26-10-9-25/h4-8,11-14H,9-10,25H2,1-3H3,(H,26,31)(H,27,28,29). The molecule has 2 heterocycles. The van der Waals surface area contributed by atoms with Gasteiger partial charge >= 0.3 is 0 Å². The number of carbonyl (C=O) groups is 1. The Morgan fingerprint density at radius 2 is 1.79 bits per heavy atom. The average Bonchev–Trinajstić information content (AvgIpc) is 3.29. The third-order valence-corrected chi connectivity index (χ3v) is 5.19. The number of fused-ring (bicyclic) bond motifs is 1. The Morgan fingerprint density at radius 3 is 2.47 bits per heavy atom. The summed E-state index contributed by atoms with van der Waals surface area (Å²) in [5, 5.41) is 6.83. The number of hydrogen-bond donors (Lipinski definition) is 3. The van der Waals surface area contributed by atoms with Crippen molar-refractivity contribution in [2.75, 3.05) is 39.7 Å². The summed E-state index contributed by atoms with van der Waals surface area (Å²) < 4.78 is 18.1. The highest BCUT2D eigenvalue weighted by atomic mass is 16.5. The van der Waals surface area contributed by atoms with Gasteiger partial charge in [-0.15, -0.1) is 0 Å². The molecule has 0 aliphatic heterocycles. The number of amides is 1. The lowest BCUT2D eigenvalue weighted by Gasteiger charge is -2.15. The van der Waals surface area contributed by atoms with Crippen LogP contribution in [0.15, 0.2) is 54.9 Å². The van der Waals surface area contributed by atoms with Crippen molar-refractivity contribution in [2.24, 2.45) is 5.73 Å². The minimum absolute atomic E-state index is 0.201. The van der Waals surface area contributed by atoms with E-state index in [-0.39, 0.29) is 5.91 Å². The number of carbonyl (C=O) groups excluding carboxylic acids is 1. The first-order valence-corrected chi connectivity index (χ1v) is 10.6. The smallest absolute Gasteiger partial charge is 0.253 e. The van der Waals surface area contributed by atoms with Crippen LogP contribution in [0.3, 0.4) is 0 Å². The van der Waals surface area contributed by atoms with E-state index in [9.17, 15) is 4.79 Å². The molecule has 0 aliphatic carbocycles. The second kappa shape index (κ2) is 10.1. The Balaban J connectivity index is 1.72. The Kier molecular flexibility index (Phi) is 6.79. The number of nitrogens with two attached hydrogens (primary N) is 1. The van der Waals surface area contributed by atoms with Gasteiger partial charge in [0.2, 0.25) is 11.7 Å². The third-order valence-electron chi connectivity index (χ3n) is 5.19. The number of para-hydroxylation sites is 1. The number of nitrogens with zero attached hydrogens (tertiary/aromatic N) is 3. The van der Waals surface area contributed by atoms with Crippen LogP contribution in [0.4, 0.5) is 11.6 Å². The Bertz CT molecular complexity index is 1300. The molecular formula is C24H26N6O4. The largest absolute Gasteiger partial charge is 0.493 e. The molecule has 0 radical (unpaired) electrons. The lowest BCUT2D eigenvalue weighted by Crippen LogP contribution is -2.29. The van der Waals surface area contributed by atoms with Gasteiger partial charge in [-0.2, -0.15) is 4.98 Å². The van der Waals surface area contributed by atoms with E-state index in [1.807, 2.05) is 35.0 Å². The quantitative estimate of drug-likeness (QED) is 0.347. The van der Waals surface area contributed by atoms with E-state index in [4.69, 9.17) is 24.9 Å². The van der Waals surface area contributed by atoms with Gasteiger partial charge in [0.05, 0.1) is 32.6 Å². The van der Waals surface area contributed by atoms with E-state index >= 15 is 0 Å². The summed E-state index contributed by atoms with van der Waals surface area (Å²) in [4.78, 5) is 21.8. The highest BCUT2D eigenvalue weighted by Gasteiger charge is 2.16. The molecule has 34 heavy (non-hydrogen) atoms. The molecule has 0 fully saturated rings. The number of hydrogen-bond acceptors (Lipinski definition) is 8. The first-order valence-electron chi connectivity index (χ1n) is 10.6. The number of anilines is 2. The number of aromatic nitrogens is 3. The molecule has 2 aromatic carbocycles. The molecule has 0 unspecified atom stereocenters. The Labute approximate surface area is 196 Å². The summed E-state index contributed by atoms with van der Waals surface area (Å²) >= 11 is 0. The van der Waals surface area contributed by atoms with Gasteiger partial charge in [0.1, 0.15) is 5.65 Å². The van der Waals surface area contributed by atoms with E-state index in [1.54, 1.807) is 45.7 Å². The number of benzene rings is 2. The lowest BCUT2D eigenvalue weighted by atomic mass is 10.1. The van der Waals surface area contributed by atoms with Crippen molar-refractivity contribution in [1.29, 1.82) is 0 Å². The average molecular weight is 463 g/mol. The van der Waals surface area contributed by atoms with Gasteiger partial charge in [0.15, 0.2) is 11.5 Å². The van der Waals surface area contributed by atoms with Crippen molar-refractivity contribution < 1.29 is 19.0 Å². The fraction of sp³-hybridized carbons (Fsp3) is 0.208. The molecule has 0 atom stereocenters. The molecule has 0 bridgehead atoms. The molecule has 0 spiro atoms. The molecule has 0 saturated carbocycles. The van der Waals surface area contributed by atoms with Crippen LogP contribution in [-0.4, -0.2) is 54.9 Å². The predicted octanol–water partition coefficient (Wildman–Crippen LogP) is 2.88. The van der Waals surface area contributed by atoms with Crippen LogP contribution in [0.25, 0.3) is 16.7 Å². The van der Waals surface area contributed by atoms with Crippen molar-refractivity contribution in [3.8, 4) is 22.9 Å². The van der Waals surface area contributed by atoms with E-state index in [0.29, 0.717) is 58.9 Å². The highest BCUT2D eigenvalue weighted by Crippen LogP contribution is 2.40. The Hall–Kier alpha value is -4.31. The zero-order chi connectivity index (χ0) is 24.1. The van der Waals surface area contributed by atoms with Gasteiger partial charge in [0.25, 0.3) is 5.91 Å². The number of methoxy groups -OCH3 is 3. The zero-order valence-electron chi connectivity index (χ0n) is 19.2. The second-order valence-corrected chi connectivity index (χ2v) is 7.26. The lowest BCUT2D eigenvalue weighted by molar-refractivity contribution is 0.0955. The van der Waals surface area contributed by atoms with Gasteiger partial charge in [-0.1, -0.05) is 12.1 Å². The summed E-state index contributed by atoms with van der Waals surface area (Å²) in [6.07, 6.45) is 3.58. The fourth-order valence-electron chi connectivity index (χ4n) is 3.61. The second-order valence-electron chi connectivity index (χ2n) is 7.26. The van der Waals surface area contributed by atoms with Gasteiger partial charge in [-0.3, -0.25) is 4.79 Å². The van der Waals surface area contributed by atoms with Gasteiger partial charge in [0, 0.05) is 48.7 Å². The van der Waals surface area contributed by atoms with Gasteiger partial charge in [-0.25, -0.2) is 4.98 Å². The van der Waals surface area contributed by atoms with E-state index in [2.05, 4.69) is 15.6 Å². The van der Waals surface area contributed by atoms with Crippen LogP contribution < -0.4 is 30.6 Å². The molecule has 0 saturated heterocycles. The van der Waals surface area contributed by atoms with Crippen LogP contribution >= 0.6 is 0 Å². The molecule has 10 heteroatoms. The predicted molar refractivity (Wildman–Crippen MR) is 130 cm³/mol. The van der Waals surface area contributed by atoms with Crippen LogP contribution in [0.2, 0.25) is 0 Å². The van der Waals surface area contributed by atoms with Gasteiger partial charge < -0.3 is 35.1 Å². The van der Waals surface area contributed by atoms with Crippen molar-refractivity contribution in [2.45, 2.75) is 0 Å². The van der Waals surface area contributed by atoms with Crippen molar-refractivity contribution >= 4 is 28.6 Å². The summed E-state index contributed by atoms with van der Waals surface area (Å²) in [6.45, 7) is 0.758. The molecule has 4 rings (SSSR count). The summed E-state index contributed by atoms with van der Waals surface area (Å²) in [5.74, 6) is 1.67. The topological polar surface area (TPSA) is 126 Å². The molecule has 2 aromatic heterocycles.